The Bertz CT molecular complexity index is 838. The van der Waals surface area contributed by atoms with Gasteiger partial charge < -0.3 is 9.88 Å². The van der Waals surface area contributed by atoms with Crippen molar-refractivity contribution in [2.24, 2.45) is 0 Å². The van der Waals surface area contributed by atoms with E-state index in [1.165, 1.54) is 6.26 Å². The molecule has 0 radical (unpaired) electrons. The average molecular weight is 347 g/mol. The number of carbonyl (C=O) groups excluding carboxylic acids is 1. The lowest BCUT2D eigenvalue weighted by Crippen LogP contribution is -2.26. The maximum Gasteiger partial charge on any atom is 0.269 e. The van der Waals surface area contributed by atoms with Gasteiger partial charge in [0, 0.05) is 25.8 Å². The van der Waals surface area contributed by atoms with Gasteiger partial charge in [-0.05, 0) is 24.0 Å². The summed E-state index contributed by atoms with van der Waals surface area (Å²) >= 11 is 0. The van der Waals surface area contributed by atoms with Crippen molar-refractivity contribution in [2.45, 2.75) is 38.1 Å². The lowest BCUT2D eigenvalue weighted by Gasteiger charge is -2.16. The van der Waals surface area contributed by atoms with Crippen molar-refractivity contribution >= 4 is 15.7 Å². The first-order valence-electron chi connectivity index (χ1n) is 8.00. The van der Waals surface area contributed by atoms with Gasteiger partial charge >= 0.3 is 0 Å². The largest absolute Gasteiger partial charge is 0.347 e. The summed E-state index contributed by atoms with van der Waals surface area (Å²) in [5.74, 6) is 0.883. The first-order chi connectivity index (χ1) is 11.4. The Hall–Kier alpha value is -2.15. The minimum absolute atomic E-state index is 0.0294. The minimum Gasteiger partial charge on any atom is -0.347 e. The normalized spacial score (nSPS) is 14.2. The number of hydrogen-bond donors (Lipinski definition) is 1. The van der Waals surface area contributed by atoms with E-state index < -0.39 is 9.84 Å². The van der Waals surface area contributed by atoms with E-state index in [0.29, 0.717) is 12.2 Å². The molecule has 3 rings (SSSR count). The summed E-state index contributed by atoms with van der Waals surface area (Å²) in [5.41, 5.74) is 2.29. The van der Waals surface area contributed by atoms with Crippen LogP contribution in [0.2, 0.25) is 0 Å². The summed E-state index contributed by atoms with van der Waals surface area (Å²) in [4.78, 5) is 16.7. The van der Waals surface area contributed by atoms with Crippen molar-refractivity contribution in [1.82, 2.24) is 14.9 Å². The average Bonchev–Trinajstić information content (AvgIpc) is 2.96. The predicted octanol–water partition coefficient (Wildman–Crippen LogP) is 1.69. The van der Waals surface area contributed by atoms with Gasteiger partial charge in [0.25, 0.3) is 5.91 Å². The molecule has 1 aliphatic rings. The summed E-state index contributed by atoms with van der Waals surface area (Å²) in [7, 11) is -3.03. The number of nitrogens with zero attached hydrogens (tertiary/aromatic N) is 2. The summed E-state index contributed by atoms with van der Waals surface area (Å²) in [5, 5.41) is 2.90. The van der Waals surface area contributed by atoms with Crippen molar-refractivity contribution in [3.63, 3.8) is 0 Å². The third-order valence-corrected chi connectivity index (χ3v) is 4.97. The van der Waals surface area contributed by atoms with E-state index in [-0.39, 0.29) is 11.7 Å². The second kappa shape index (κ2) is 6.76. The zero-order valence-corrected chi connectivity index (χ0v) is 14.5. The number of sulfone groups is 1. The molecule has 2 aromatic rings. The molecule has 0 spiro atoms. The second-order valence-electron chi connectivity index (χ2n) is 6.24. The molecule has 7 heteroatoms. The topological polar surface area (TPSA) is 81.1 Å². The molecule has 0 saturated carbocycles. The maximum atomic E-state index is 12.4. The fourth-order valence-electron chi connectivity index (χ4n) is 2.93. The van der Waals surface area contributed by atoms with Crippen LogP contribution >= 0.6 is 0 Å². The molecule has 0 saturated heterocycles. The van der Waals surface area contributed by atoms with Crippen LogP contribution in [-0.4, -0.2) is 30.1 Å². The first kappa shape index (κ1) is 16.7. The van der Waals surface area contributed by atoms with Crippen LogP contribution in [0, 0.1) is 0 Å². The number of fused-ring (bicyclic) bond motifs is 1. The summed E-state index contributed by atoms with van der Waals surface area (Å²) in [6, 6.07) is 7.24. The Labute approximate surface area is 141 Å². The zero-order chi connectivity index (χ0) is 17.2. The van der Waals surface area contributed by atoms with Crippen LogP contribution < -0.4 is 5.32 Å². The Morgan fingerprint density at radius 1 is 1.21 bits per heavy atom. The van der Waals surface area contributed by atoms with Gasteiger partial charge in [0.15, 0.2) is 9.84 Å². The SMILES string of the molecule is CS(=O)(=O)Cc1ccc(CNC(=O)c2cnc3n2CCCC3)cc1. The van der Waals surface area contributed by atoms with Crippen LogP contribution in [0.15, 0.2) is 30.5 Å². The zero-order valence-electron chi connectivity index (χ0n) is 13.7. The van der Waals surface area contributed by atoms with Gasteiger partial charge in [-0.3, -0.25) is 4.79 Å². The van der Waals surface area contributed by atoms with E-state index in [1.807, 2.05) is 16.7 Å². The van der Waals surface area contributed by atoms with Crippen molar-refractivity contribution in [3.05, 3.63) is 53.1 Å². The highest BCUT2D eigenvalue weighted by molar-refractivity contribution is 7.89. The molecule has 1 amide bonds. The Morgan fingerprint density at radius 3 is 2.62 bits per heavy atom. The van der Waals surface area contributed by atoms with Gasteiger partial charge in [-0.25, -0.2) is 13.4 Å². The van der Waals surface area contributed by atoms with Crippen LogP contribution in [0.5, 0.6) is 0 Å². The van der Waals surface area contributed by atoms with Gasteiger partial charge in [-0.15, -0.1) is 0 Å². The molecule has 1 aromatic carbocycles. The molecule has 0 aliphatic carbocycles. The van der Waals surface area contributed by atoms with E-state index in [9.17, 15) is 13.2 Å². The van der Waals surface area contributed by atoms with E-state index in [0.717, 1.165) is 42.8 Å². The minimum atomic E-state index is -3.03. The molecule has 24 heavy (non-hydrogen) atoms. The van der Waals surface area contributed by atoms with Crippen molar-refractivity contribution in [1.29, 1.82) is 0 Å². The predicted molar refractivity (Wildman–Crippen MR) is 91.3 cm³/mol. The molecule has 0 bridgehead atoms. The smallest absolute Gasteiger partial charge is 0.269 e. The van der Waals surface area contributed by atoms with Crippen LogP contribution in [-0.2, 0) is 35.1 Å². The van der Waals surface area contributed by atoms with Crippen LogP contribution in [0.25, 0.3) is 0 Å². The molecule has 1 N–H and O–H groups in total. The fraction of sp³-hybridized carbons (Fsp3) is 0.412. The Balaban J connectivity index is 1.61. The van der Waals surface area contributed by atoms with E-state index >= 15 is 0 Å². The lowest BCUT2D eigenvalue weighted by molar-refractivity contribution is 0.0940. The van der Waals surface area contributed by atoms with Gasteiger partial charge in [0.1, 0.15) is 11.5 Å². The molecular formula is C17H21N3O3S. The molecule has 1 aliphatic heterocycles. The molecule has 128 valence electrons. The highest BCUT2D eigenvalue weighted by Gasteiger charge is 2.18. The number of amides is 1. The van der Waals surface area contributed by atoms with E-state index in [1.54, 1.807) is 18.3 Å². The standard InChI is InChI=1S/C17H21N3O3S/c1-24(22,23)12-14-7-5-13(6-8-14)10-19-17(21)15-11-18-16-4-2-3-9-20(15)16/h5-8,11H,2-4,9-10,12H2,1H3,(H,19,21). The van der Waals surface area contributed by atoms with E-state index in [4.69, 9.17) is 0 Å². The highest BCUT2D eigenvalue weighted by Crippen LogP contribution is 2.16. The van der Waals surface area contributed by atoms with Gasteiger partial charge in [0.05, 0.1) is 11.9 Å². The van der Waals surface area contributed by atoms with Crippen molar-refractivity contribution in [2.75, 3.05) is 6.26 Å². The molecule has 1 aromatic heterocycles. The summed E-state index contributed by atoms with van der Waals surface area (Å²) in [6.07, 6.45) is 5.98. The number of carbonyl (C=O) groups is 1. The maximum absolute atomic E-state index is 12.4. The molecular weight excluding hydrogens is 326 g/mol. The number of hydrogen-bond acceptors (Lipinski definition) is 4. The van der Waals surface area contributed by atoms with Gasteiger partial charge in [-0.1, -0.05) is 24.3 Å². The molecule has 0 fully saturated rings. The first-order valence-corrected chi connectivity index (χ1v) is 10.1. The molecule has 0 atom stereocenters. The van der Waals surface area contributed by atoms with Crippen molar-refractivity contribution < 1.29 is 13.2 Å². The Kier molecular flexibility index (Phi) is 4.71. The number of benzene rings is 1. The summed E-state index contributed by atoms with van der Waals surface area (Å²) in [6.45, 7) is 1.25. The van der Waals surface area contributed by atoms with Gasteiger partial charge in [-0.2, -0.15) is 0 Å². The number of imidazole rings is 1. The quantitative estimate of drug-likeness (QED) is 0.892. The van der Waals surface area contributed by atoms with Crippen LogP contribution in [0.3, 0.4) is 0 Å². The van der Waals surface area contributed by atoms with E-state index in [2.05, 4.69) is 10.3 Å². The lowest BCUT2D eigenvalue weighted by atomic mass is 10.1. The number of rotatable bonds is 5. The number of aryl methyl sites for hydroxylation is 1. The molecule has 0 unspecified atom stereocenters. The highest BCUT2D eigenvalue weighted by atomic mass is 32.2. The van der Waals surface area contributed by atoms with Crippen LogP contribution in [0.1, 0.15) is 40.3 Å². The summed E-state index contributed by atoms with van der Waals surface area (Å²) < 4.78 is 24.6. The monoisotopic (exact) mass is 347 g/mol. The van der Waals surface area contributed by atoms with Crippen molar-refractivity contribution in [3.8, 4) is 0 Å². The van der Waals surface area contributed by atoms with Gasteiger partial charge in [0.2, 0.25) is 0 Å². The number of nitrogens with one attached hydrogen (secondary N) is 1. The fourth-order valence-corrected chi connectivity index (χ4v) is 3.72. The molecule has 2 heterocycles. The second-order valence-corrected chi connectivity index (χ2v) is 8.38. The number of aromatic nitrogens is 2. The molecule has 6 nitrogen and oxygen atoms in total. The van der Waals surface area contributed by atoms with Crippen LogP contribution in [0.4, 0.5) is 0 Å². The third-order valence-electron chi connectivity index (χ3n) is 4.11. The third kappa shape index (κ3) is 4.03. The Morgan fingerprint density at radius 2 is 1.92 bits per heavy atom.